The van der Waals surface area contributed by atoms with Crippen molar-refractivity contribution >= 4 is 31.6 Å². The van der Waals surface area contributed by atoms with Crippen LogP contribution in [-0.4, -0.2) is 51.0 Å². The van der Waals surface area contributed by atoms with E-state index in [0.717, 1.165) is 17.1 Å². The van der Waals surface area contributed by atoms with Gasteiger partial charge in [0.1, 0.15) is 5.76 Å². The van der Waals surface area contributed by atoms with Gasteiger partial charge in [-0.15, -0.1) is 0 Å². The first kappa shape index (κ1) is 26.1. The monoisotopic (exact) mass is 531 g/mol. The average molecular weight is 532 g/mol. The second kappa shape index (κ2) is 11.0. The molecule has 0 unspecified atom stereocenters. The molecule has 0 bridgehead atoms. The molecule has 11 heteroatoms. The number of furan rings is 1. The SMILES string of the molecule is C[C@@H]1CCCN(S(=O)(=O)c2ccc(S(=O)(=O)N(CC(=O)Nc3ccccc3)Cc3ccco3)cc2)C1. The van der Waals surface area contributed by atoms with Gasteiger partial charge in [0.2, 0.25) is 26.0 Å². The van der Waals surface area contributed by atoms with Crippen LogP contribution in [-0.2, 0) is 31.4 Å². The summed E-state index contributed by atoms with van der Waals surface area (Å²) >= 11 is 0. The fourth-order valence-electron chi connectivity index (χ4n) is 4.13. The van der Waals surface area contributed by atoms with Crippen molar-refractivity contribution in [3.05, 3.63) is 78.8 Å². The van der Waals surface area contributed by atoms with Gasteiger partial charge in [0.15, 0.2) is 0 Å². The number of rotatable bonds is 9. The minimum absolute atomic E-state index is 0.0370. The lowest BCUT2D eigenvalue weighted by Gasteiger charge is -2.30. The van der Waals surface area contributed by atoms with Crippen molar-refractivity contribution < 1.29 is 26.0 Å². The molecule has 2 heterocycles. The van der Waals surface area contributed by atoms with E-state index in [1.165, 1.54) is 34.8 Å². The second-order valence-corrected chi connectivity index (χ2v) is 12.7. The predicted molar refractivity (Wildman–Crippen MR) is 135 cm³/mol. The largest absolute Gasteiger partial charge is 0.468 e. The van der Waals surface area contributed by atoms with Crippen molar-refractivity contribution in [1.82, 2.24) is 8.61 Å². The Bertz CT molecular complexity index is 1370. The first-order valence-corrected chi connectivity index (χ1v) is 14.5. The lowest BCUT2D eigenvalue weighted by Crippen LogP contribution is -2.39. The Morgan fingerprint density at radius 1 is 1.00 bits per heavy atom. The van der Waals surface area contributed by atoms with E-state index in [2.05, 4.69) is 5.32 Å². The third-order valence-electron chi connectivity index (χ3n) is 6.01. The van der Waals surface area contributed by atoms with Crippen molar-refractivity contribution in [2.24, 2.45) is 5.92 Å². The number of nitrogens with zero attached hydrogens (tertiary/aromatic N) is 2. The fourth-order valence-corrected chi connectivity index (χ4v) is 7.09. The number of piperidine rings is 1. The minimum atomic E-state index is -4.16. The number of hydrogen-bond donors (Lipinski definition) is 1. The first-order chi connectivity index (χ1) is 17.2. The highest BCUT2D eigenvalue weighted by molar-refractivity contribution is 7.89. The van der Waals surface area contributed by atoms with Gasteiger partial charge in [0, 0.05) is 18.8 Å². The van der Waals surface area contributed by atoms with Gasteiger partial charge < -0.3 is 9.73 Å². The molecule has 1 aromatic heterocycles. The molecule has 0 radical (unpaired) electrons. The van der Waals surface area contributed by atoms with Gasteiger partial charge >= 0.3 is 0 Å². The molecule has 0 aliphatic carbocycles. The maximum absolute atomic E-state index is 13.5. The normalized spacial score (nSPS) is 17.2. The number of para-hydroxylation sites is 1. The highest BCUT2D eigenvalue weighted by atomic mass is 32.2. The summed E-state index contributed by atoms with van der Waals surface area (Å²) in [6.45, 7) is 2.28. The fraction of sp³-hybridized carbons (Fsp3) is 0.320. The number of nitrogens with one attached hydrogen (secondary N) is 1. The number of amides is 1. The molecule has 1 saturated heterocycles. The smallest absolute Gasteiger partial charge is 0.243 e. The summed E-state index contributed by atoms with van der Waals surface area (Å²) in [7, 11) is -7.88. The molecule has 4 rings (SSSR count). The third-order valence-corrected chi connectivity index (χ3v) is 9.69. The van der Waals surface area contributed by atoms with Gasteiger partial charge in [-0.1, -0.05) is 25.1 Å². The van der Waals surface area contributed by atoms with Crippen LogP contribution in [0.5, 0.6) is 0 Å². The Balaban J connectivity index is 1.56. The summed E-state index contributed by atoms with van der Waals surface area (Å²) < 4.78 is 60.9. The maximum Gasteiger partial charge on any atom is 0.243 e. The van der Waals surface area contributed by atoms with Gasteiger partial charge in [-0.3, -0.25) is 4.79 Å². The van der Waals surface area contributed by atoms with E-state index in [1.54, 1.807) is 42.5 Å². The van der Waals surface area contributed by atoms with E-state index < -0.39 is 32.5 Å². The molecule has 36 heavy (non-hydrogen) atoms. The van der Waals surface area contributed by atoms with E-state index in [0.29, 0.717) is 24.5 Å². The molecule has 1 atom stereocenters. The Hall–Kier alpha value is -2.99. The molecule has 1 amide bonds. The van der Waals surface area contributed by atoms with Gasteiger partial charge in [0.25, 0.3) is 0 Å². The molecule has 0 saturated carbocycles. The van der Waals surface area contributed by atoms with E-state index in [9.17, 15) is 21.6 Å². The van der Waals surface area contributed by atoms with Gasteiger partial charge in [-0.2, -0.15) is 8.61 Å². The van der Waals surface area contributed by atoms with Crippen LogP contribution >= 0.6 is 0 Å². The summed E-state index contributed by atoms with van der Waals surface area (Å²) in [4.78, 5) is 12.6. The molecule has 2 aromatic carbocycles. The molecule has 192 valence electrons. The van der Waals surface area contributed by atoms with Crippen LogP contribution in [0.4, 0.5) is 5.69 Å². The molecule has 1 aliphatic rings. The summed E-state index contributed by atoms with van der Waals surface area (Å²) in [6.07, 6.45) is 3.19. The average Bonchev–Trinajstić information content (AvgIpc) is 3.37. The number of sulfonamides is 2. The minimum Gasteiger partial charge on any atom is -0.468 e. The number of carbonyl (C=O) groups is 1. The van der Waals surface area contributed by atoms with Crippen molar-refractivity contribution in [3.63, 3.8) is 0 Å². The Labute approximate surface area is 211 Å². The molecule has 1 fully saturated rings. The van der Waals surface area contributed by atoms with Crippen LogP contribution < -0.4 is 5.32 Å². The van der Waals surface area contributed by atoms with Crippen LogP contribution in [0.15, 0.2) is 87.2 Å². The summed E-state index contributed by atoms with van der Waals surface area (Å²) in [5.41, 5.74) is 0.541. The summed E-state index contributed by atoms with van der Waals surface area (Å²) in [5, 5.41) is 2.68. The number of hydrogen-bond acceptors (Lipinski definition) is 6. The molecule has 3 aromatic rings. The maximum atomic E-state index is 13.5. The predicted octanol–water partition coefficient (Wildman–Crippen LogP) is 3.53. The lowest BCUT2D eigenvalue weighted by molar-refractivity contribution is -0.116. The standard InChI is InChI=1S/C25H29N3O6S2/c1-20-7-5-15-27(17-20)35(30,31)23-11-13-24(14-12-23)36(32,33)28(18-22-10-6-16-34-22)19-25(29)26-21-8-3-2-4-9-21/h2-4,6,8-14,16,20H,5,7,15,17-19H2,1H3,(H,26,29)/t20-/m1/s1. The first-order valence-electron chi connectivity index (χ1n) is 11.6. The second-order valence-electron chi connectivity index (χ2n) is 8.85. The molecule has 9 nitrogen and oxygen atoms in total. The Morgan fingerprint density at radius 3 is 2.33 bits per heavy atom. The van der Waals surface area contributed by atoms with Crippen LogP contribution in [0.2, 0.25) is 0 Å². The molecular formula is C25H29N3O6S2. The van der Waals surface area contributed by atoms with E-state index in [1.807, 2.05) is 6.92 Å². The zero-order valence-corrected chi connectivity index (χ0v) is 21.5. The zero-order chi connectivity index (χ0) is 25.8. The van der Waals surface area contributed by atoms with Crippen LogP contribution in [0.1, 0.15) is 25.5 Å². The van der Waals surface area contributed by atoms with Crippen LogP contribution in [0.25, 0.3) is 0 Å². The highest BCUT2D eigenvalue weighted by Gasteiger charge is 2.31. The van der Waals surface area contributed by atoms with Crippen molar-refractivity contribution in [2.75, 3.05) is 25.0 Å². The van der Waals surface area contributed by atoms with E-state index >= 15 is 0 Å². The van der Waals surface area contributed by atoms with E-state index in [-0.39, 0.29) is 22.3 Å². The number of carbonyl (C=O) groups excluding carboxylic acids is 1. The quantitative estimate of drug-likeness (QED) is 0.452. The van der Waals surface area contributed by atoms with Gasteiger partial charge in [-0.05, 0) is 67.3 Å². The molecular weight excluding hydrogens is 502 g/mol. The van der Waals surface area contributed by atoms with Crippen LogP contribution in [0, 0.1) is 5.92 Å². The van der Waals surface area contributed by atoms with Crippen LogP contribution in [0.3, 0.4) is 0 Å². The zero-order valence-electron chi connectivity index (χ0n) is 19.9. The van der Waals surface area contributed by atoms with Crippen molar-refractivity contribution in [3.8, 4) is 0 Å². The molecule has 0 spiro atoms. The summed E-state index contributed by atoms with van der Waals surface area (Å²) in [5.74, 6) is 0.115. The highest BCUT2D eigenvalue weighted by Crippen LogP contribution is 2.26. The Kier molecular flexibility index (Phi) is 7.94. The molecule has 1 N–H and O–H groups in total. The number of anilines is 1. The van der Waals surface area contributed by atoms with E-state index in [4.69, 9.17) is 4.42 Å². The topological polar surface area (TPSA) is 117 Å². The Morgan fingerprint density at radius 2 is 1.69 bits per heavy atom. The molecule has 1 aliphatic heterocycles. The number of benzene rings is 2. The van der Waals surface area contributed by atoms with Crippen molar-refractivity contribution in [1.29, 1.82) is 0 Å². The van der Waals surface area contributed by atoms with Crippen molar-refractivity contribution in [2.45, 2.75) is 36.1 Å². The third kappa shape index (κ3) is 6.04. The lowest BCUT2D eigenvalue weighted by atomic mass is 10.0. The van der Waals surface area contributed by atoms with Gasteiger partial charge in [-0.25, -0.2) is 16.8 Å². The van der Waals surface area contributed by atoms with Gasteiger partial charge in [0.05, 0.1) is 29.1 Å². The summed E-state index contributed by atoms with van der Waals surface area (Å²) in [6, 6.07) is 17.1.